The molecular weight excluding hydrogens is 417 g/mol. The summed E-state index contributed by atoms with van der Waals surface area (Å²) < 4.78 is 42.1. The van der Waals surface area contributed by atoms with Crippen LogP contribution in [0.25, 0.3) is 22.4 Å². The fourth-order valence-corrected chi connectivity index (χ4v) is 2.85. The lowest BCUT2D eigenvalue weighted by Crippen LogP contribution is -2.37. The number of carbonyl (C=O) groups excluding carboxylic acids is 2. The van der Waals surface area contributed by atoms with E-state index in [4.69, 9.17) is 4.74 Å². The number of nitrogens with zero attached hydrogens (tertiary/aromatic N) is 4. The number of aromatic amines is 1. The Bertz CT molecular complexity index is 1100. The van der Waals surface area contributed by atoms with E-state index in [-0.39, 0.29) is 24.5 Å². The van der Waals surface area contributed by atoms with Crippen molar-refractivity contribution in [1.82, 2.24) is 30.2 Å². The van der Waals surface area contributed by atoms with Gasteiger partial charge < -0.3 is 15.0 Å². The number of halogens is 3. The van der Waals surface area contributed by atoms with E-state index in [9.17, 15) is 22.8 Å². The summed E-state index contributed by atoms with van der Waals surface area (Å²) >= 11 is 0. The molecule has 164 valence electrons. The number of hydrogen-bond donors (Lipinski definition) is 2. The van der Waals surface area contributed by atoms with Gasteiger partial charge in [0.25, 0.3) is 0 Å². The molecule has 0 saturated carbocycles. The van der Waals surface area contributed by atoms with Crippen LogP contribution in [-0.2, 0) is 16.0 Å². The van der Waals surface area contributed by atoms with Crippen LogP contribution in [0.2, 0.25) is 0 Å². The third-order valence-corrected chi connectivity index (χ3v) is 4.29. The third kappa shape index (κ3) is 5.53. The largest absolute Gasteiger partial charge is 0.461 e. The number of H-pyrrole nitrogens is 1. The van der Waals surface area contributed by atoms with E-state index in [0.29, 0.717) is 22.3 Å². The van der Waals surface area contributed by atoms with Crippen LogP contribution in [0.3, 0.4) is 0 Å². The van der Waals surface area contributed by atoms with Crippen LogP contribution < -0.4 is 5.32 Å². The Morgan fingerprint density at radius 3 is 2.77 bits per heavy atom. The number of hydrogen-bond acceptors (Lipinski definition) is 7. The lowest BCUT2D eigenvalue weighted by atomic mass is 10.0. The second-order valence-corrected chi connectivity index (χ2v) is 6.71. The summed E-state index contributed by atoms with van der Waals surface area (Å²) in [5.41, 5.74) is 1.33. The second-order valence-electron chi connectivity index (χ2n) is 6.71. The van der Waals surface area contributed by atoms with Crippen molar-refractivity contribution in [2.24, 2.45) is 5.92 Å². The summed E-state index contributed by atoms with van der Waals surface area (Å²) in [5, 5.41) is 2.46. The number of nitrogens with one attached hydrogen (secondary N) is 2. The van der Waals surface area contributed by atoms with Crippen molar-refractivity contribution in [2.45, 2.75) is 26.4 Å². The van der Waals surface area contributed by atoms with Gasteiger partial charge in [-0.05, 0) is 13.0 Å². The van der Waals surface area contributed by atoms with Gasteiger partial charge in [-0.25, -0.2) is 24.7 Å². The summed E-state index contributed by atoms with van der Waals surface area (Å²) in [4.78, 5) is 44.0. The number of carbonyl (C=O) groups is 2. The molecular formula is C19H19F3N6O3. The molecule has 1 amide bonds. The number of ether oxygens (including phenoxy) is 1. The van der Waals surface area contributed by atoms with Crippen LogP contribution >= 0.6 is 0 Å². The van der Waals surface area contributed by atoms with Gasteiger partial charge in [0, 0.05) is 41.4 Å². The molecule has 0 unspecified atom stereocenters. The zero-order valence-corrected chi connectivity index (χ0v) is 16.7. The fourth-order valence-electron chi connectivity index (χ4n) is 2.85. The first-order valence-electron chi connectivity index (χ1n) is 9.35. The average molecular weight is 436 g/mol. The third-order valence-electron chi connectivity index (χ3n) is 4.29. The van der Waals surface area contributed by atoms with E-state index in [1.54, 1.807) is 19.3 Å². The van der Waals surface area contributed by atoms with Crippen LogP contribution in [0.4, 0.5) is 13.2 Å². The maximum Gasteiger partial charge on any atom is 0.405 e. The topological polar surface area (TPSA) is 123 Å². The van der Waals surface area contributed by atoms with Crippen molar-refractivity contribution in [1.29, 1.82) is 0 Å². The second kappa shape index (κ2) is 9.06. The monoisotopic (exact) mass is 436 g/mol. The van der Waals surface area contributed by atoms with Crippen molar-refractivity contribution in [2.75, 3.05) is 13.2 Å². The van der Waals surface area contributed by atoms with Crippen molar-refractivity contribution in [3.8, 4) is 11.4 Å². The molecule has 0 aliphatic heterocycles. The van der Waals surface area contributed by atoms with Gasteiger partial charge in [-0.3, -0.25) is 4.79 Å². The van der Waals surface area contributed by atoms with Gasteiger partial charge in [0.2, 0.25) is 5.91 Å². The average Bonchev–Trinajstić information content (AvgIpc) is 3.15. The van der Waals surface area contributed by atoms with Gasteiger partial charge in [-0.2, -0.15) is 13.2 Å². The quantitative estimate of drug-likeness (QED) is 0.546. The fraction of sp³-hybridized carbons (Fsp3) is 0.368. The van der Waals surface area contributed by atoms with E-state index in [1.807, 2.05) is 5.32 Å². The smallest absolute Gasteiger partial charge is 0.405 e. The molecule has 3 aromatic heterocycles. The van der Waals surface area contributed by atoms with E-state index in [2.05, 4.69) is 24.9 Å². The summed E-state index contributed by atoms with van der Waals surface area (Å²) in [6.07, 6.45) is 0.00983. The molecule has 0 fully saturated rings. The van der Waals surface area contributed by atoms with Crippen molar-refractivity contribution < 1.29 is 27.5 Å². The Labute approximate surface area is 174 Å². The number of esters is 1. The summed E-state index contributed by atoms with van der Waals surface area (Å²) in [7, 11) is 0. The van der Waals surface area contributed by atoms with Crippen LogP contribution in [0.1, 0.15) is 30.0 Å². The minimum atomic E-state index is -4.51. The van der Waals surface area contributed by atoms with E-state index < -0.39 is 30.5 Å². The van der Waals surface area contributed by atoms with Gasteiger partial charge in [-0.15, -0.1) is 0 Å². The van der Waals surface area contributed by atoms with Crippen LogP contribution in [0, 0.1) is 5.92 Å². The maximum atomic E-state index is 12.4. The predicted molar refractivity (Wildman–Crippen MR) is 103 cm³/mol. The van der Waals surface area contributed by atoms with E-state index in [1.165, 1.54) is 19.3 Å². The van der Waals surface area contributed by atoms with Crippen molar-refractivity contribution in [3.63, 3.8) is 0 Å². The molecule has 3 rings (SSSR count). The molecule has 2 N–H and O–H groups in total. The number of amides is 1. The van der Waals surface area contributed by atoms with E-state index in [0.717, 1.165) is 0 Å². The SMILES string of the molecule is CCOC(=O)c1cc(C[C@@H](C)C(=O)NCC(F)(F)F)nc(-c2c[nH]c3ncncc23)n1. The molecule has 3 aromatic rings. The molecule has 0 radical (unpaired) electrons. The van der Waals surface area contributed by atoms with Crippen molar-refractivity contribution in [3.05, 3.63) is 36.2 Å². The molecule has 31 heavy (non-hydrogen) atoms. The first kappa shape index (κ1) is 22.1. The number of alkyl halides is 3. The Morgan fingerprint density at radius 2 is 2.06 bits per heavy atom. The summed E-state index contributed by atoms with van der Waals surface area (Å²) in [5.74, 6) is -2.12. The normalized spacial score (nSPS) is 12.5. The zero-order valence-electron chi connectivity index (χ0n) is 16.7. The molecule has 1 atom stereocenters. The Morgan fingerprint density at radius 1 is 1.29 bits per heavy atom. The van der Waals surface area contributed by atoms with E-state index >= 15 is 0 Å². The highest BCUT2D eigenvalue weighted by Gasteiger charge is 2.29. The molecule has 0 aliphatic carbocycles. The summed E-state index contributed by atoms with van der Waals surface area (Å²) in [6.45, 7) is 1.82. The Kier molecular flexibility index (Phi) is 6.47. The number of rotatable bonds is 7. The van der Waals surface area contributed by atoms with Crippen LogP contribution in [0.5, 0.6) is 0 Å². The highest BCUT2D eigenvalue weighted by molar-refractivity contribution is 5.92. The molecule has 0 bridgehead atoms. The maximum absolute atomic E-state index is 12.4. The molecule has 3 heterocycles. The first-order valence-corrected chi connectivity index (χ1v) is 9.35. The molecule has 9 nitrogen and oxygen atoms in total. The minimum absolute atomic E-state index is 0.00945. The molecule has 0 aromatic carbocycles. The van der Waals surface area contributed by atoms with Gasteiger partial charge in [0.15, 0.2) is 11.5 Å². The standard InChI is InChI=1S/C19H19F3N6O3/c1-3-31-18(30)14-5-11(4-10(2)17(29)25-8-19(20,21)22)27-16(28-14)13-7-24-15-12(13)6-23-9-26-15/h5-7,9-10H,3-4,8H2,1-2H3,(H,25,29)(H,23,24,26)/t10-/m1/s1. The van der Waals surface area contributed by atoms with Crippen LogP contribution in [-0.4, -0.2) is 56.1 Å². The predicted octanol–water partition coefficient (Wildman–Crippen LogP) is 2.45. The number of aromatic nitrogens is 5. The van der Waals surface area contributed by atoms with Gasteiger partial charge >= 0.3 is 12.1 Å². The van der Waals surface area contributed by atoms with Crippen LogP contribution in [0.15, 0.2) is 24.8 Å². The number of fused-ring (bicyclic) bond motifs is 1. The highest BCUT2D eigenvalue weighted by atomic mass is 19.4. The Balaban J connectivity index is 1.92. The molecule has 0 aliphatic rings. The first-order chi connectivity index (χ1) is 14.7. The lowest BCUT2D eigenvalue weighted by Gasteiger charge is -2.14. The molecule has 0 spiro atoms. The highest BCUT2D eigenvalue weighted by Crippen LogP contribution is 2.25. The lowest BCUT2D eigenvalue weighted by molar-refractivity contribution is -0.140. The summed E-state index contributed by atoms with van der Waals surface area (Å²) in [6, 6.07) is 1.36. The van der Waals surface area contributed by atoms with Gasteiger partial charge in [0.1, 0.15) is 18.5 Å². The van der Waals surface area contributed by atoms with Crippen molar-refractivity contribution >= 4 is 22.9 Å². The minimum Gasteiger partial charge on any atom is -0.461 e. The molecule has 12 heteroatoms. The van der Waals surface area contributed by atoms with Gasteiger partial charge in [0.05, 0.1) is 6.61 Å². The Hall–Kier alpha value is -3.57. The zero-order chi connectivity index (χ0) is 22.6. The molecule has 0 saturated heterocycles. The van der Waals surface area contributed by atoms with Gasteiger partial charge in [-0.1, -0.05) is 6.92 Å².